The number of rotatable bonds is 4. The lowest BCUT2D eigenvalue weighted by Gasteiger charge is -2.16. The van der Waals surface area contributed by atoms with Crippen molar-refractivity contribution in [2.45, 2.75) is 6.42 Å². The lowest BCUT2D eigenvalue weighted by atomic mass is 10.2. The molecule has 0 saturated carbocycles. The maximum Gasteiger partial charge on any atom is 0.253 e. The van der Waals surface area contributed by atoms with Crippen molar-refractivity contribution in [3.63, 3.8) is 0 Å². The molecule has 0 radical (unpaired) electrons. The fourth-order valence-corrected chi connectivity index (χ4v) is 1.78. The Balaban J connectivity index is 2.76. The molecule has 0 aliphatic heterocycles. The van der Waals surface area contributed by atoms with Crippen molar-refractivity contribution in [3.8, 4) is 0 Å². The van der Waals surface area contributed by atoms with E-state index in [1.807, 2.05) is 0 Å². The molecule has 1 rings (SSSR count). The third-order valence-corrected chi connectivity index (χ3v) is 3.42. The van der Waals surface area contributed by atoms with Crippen molar-refractivity contribution in [2.24, 2.45) is 5.73 Å². The molecular formula is C11H14BrClN2O. The van der Waals surface area contributed by atoms with Crippen LogP contribution in [0.4, 0.5) is 0 Å². The smallest absolute Gasteiger partial charge is 0.253 e. The molecular weight excluding hydrogens is 291 g/mol. The minimum Gasteiger partial charge on any atom is -0.342 e. The number of carbonyl (C=O) groups excluding carboxylic acids is 1. The van der Waals surface area contributed by atoms with Gasteiger partial charge in [-0.15, -0.1) is 0 Å². The molecule has 16 heavy (non-hydrogen) atoms. The van der Waals surface area contributed by atoms with E-state index in [4.69, 9.17) is 17.3 Å². The third-order valence-electron chi connectivity index (χ3n) is 2.21. The van der Waals surface area contributed by atoms with Gasteiger partial charge < -0.3 is 10.6 Å². The summed E-state index contributed by atoms with van der Waals surface area (Å²) in [5.74, 6) is -0.0224. The van der Waals surface area contributed by atoms with E-state index in [9.17, 15) is 4.79 Å². The van der Waals surface area contributed by atoms with E-state index in [1.165, 1.54) is 0 Å². The zero-order valence-corrected chi connectivity index (χ0v) is 11.4. The molecule has 0 bridgehead atoms. The summed E-state index contributed by atoms with van der Waals surface area (Å²) in [7, 11) is 1.76. The van der Waals surface area contributed by atoms with Gasteiger partial charge in [0.2, 0.25) is 0 Å². The molecule has 0 aliphatic rings. The van der Waals surface area contributed by atoms with Crippen LogP contribution in [-0.2, 0) is 0 Å². The van der Waals surface area contributed by atoms with Crippen LogP contribution in [0.25, 0.3) is 0 Å². The minimum atomic E-state index is -0.0224. The first kappa shape index (κ1) is 13.5. The van der Waals surface area contributed by atoms with Crippen LogP contribution in [0.1, 0.15) is 16.8 Å². The number of amides is 1. The van der Waals surface area contributed by atoms with Crippen LogP contribution in [0.2, 0.25) is 5.02 Å². The Kier molecular flexibility index (Phi) is 5.25. The van der Waals surface area contributed by atoms with Crippen molar-refractivity contribution < 1.29 is 4.79 Å². The SMILES string of the molecule is CN(CCCN)C(=O)c1ccc(Cl)c(Br)c1. The summed E-state index contributed by atoms with van der Waals surface area (Å²) >= 11 is 9.15. The molecule has 1 aromatic carbocycles. The molecule has 0 aliphatic carbocycles. The van der Waals surface area contributed by atoms with E-state index in [1.54, 1.807) is 30.1 Å². The van der Waals surface area contributed by atoms with E-state index >= 15 is 0 Å². The Bertz CT molecular complexity index is 384. The fourth-order valence-electron chi connectivity index (χ4n) is 1.28. The van der Waals surface area contributed by atoms with Crippen molar-refractivity contribution >= 4 is 33.4 Å². The first-order chi connectivity index (χ1) is 7.56. The number of nitrogens with zero attached hydrogens (tertiary/aromatic N) is 1. The number of nitrogens with two attached hydrogens (primary N) is 1. The Morgan fingerprint density at radius 3 is 2.81 bits per heavy atom. The summed E-state index contributed by atoms with van der Waals surface area (Å²) in [6, 6.07) is 5.15. The molecule has 0 atom stereocenters. The highest BCUT2D eigenvalue weighted by Gasteiger charge is 2.12. The van der Waals surface area contributed by atoms with Gasteiger partial charge in [-0.2, -0.15) is 0 Å². The summed E-state index contributed by atoms with van der Waals surface area (Å²) in [6.45, 7) is 1.25. The van der Waals surface area contributed by atoms with Gasteiger partial charge in [-0.3, -0.25) is 4.79 Å². The summed E-state index contributed by atoms with van der Waals surface area (Å²) in [4.78, 5) is 13.6. The molecule has 0 spiro atoms. The standard InChI is InChI=1S/C11H14BrClN2O/c1-15(6-2-5-14)11(16)8-3-4-10(13)9(12)7-8/h3-4,7H,2,5-6,14H2,1H3. The normalized spacial score (nSPS) is 10.2. The number of halogens is 2. The molecule has 0 saturated heterocycles. The summed E-state index contributed by atoms with van der Waals surface area (Å²) in [5.41, 5.74) is 6.02. The van der Waals surface area contributed by atoms with Crippen LogP contribution in [0.3, 0.4) is 0 Å². The van der Waals surface area contributed by atoms with Gasteiger partial charge in [0.25, 0.3) is 5.91 Å². The van der Waals surface area contributed by atoms with Crippen molar-refractivity contribution in [2.75, 3.05) is 20.1 Å². The second kappa shape index (κ2) is 6.23. The first-order valence-electron chi connectivity index (χ1n) is 4.97. The molecule has 88 valence electrons. The molecule has 1 amide bonds. The topological polar surface area (TPSA) is 46.3 Å². The van der Waals surface area contributed by atoms with Crippen LogP contribution >= 0.6 is 27.5 Å². The molecule has 0 unspecified atom stereocenters. The van der Waals surface area contributed by atoms with E-state index in [-0.39, 0.29) is 5.91 Å². The highest BCUT2D eigenvalue weighted by Crippen LogP contribution is 2.23. The molecule has 0 fully saturated rings. The van der Waals surface area contributed by atoms with Gasteiger partial charge in [-0.1, -0.05) is 11.6 Å². The van der Waals surface area contributed by atoms with Gasteiger partial charge in [0, 0.05) is 23.6 Å². The highest BCUT2D eigenvalue weighted by molar-refractivity contribution is 9.10. The fraction of sp³-hybridized carbons (Fsp3) is 0.364. The maximum absolute atomic E-state index is 11.9. The Morgan fingerprint density at radius 2 is 2.25 bits per heavy atom. The average molecular weight is 306 g/mol. The van der Waals surface area contributed by atoms with Gasteiger partial charge in [0.15, 0.2) is 0 Å². The van der Waals surface area contributed by atoms with E-state index in [0.29, 0.717) is 23.7 Å². The predicted molar refractivity (Wildman–Crippen MR) is 69.8 cm³/mol. The second-order valence-electron chi connectivity index (χ2n) is 3.50. The summed E-state index contributed by atoms with van der Waals surface area (Å²) in [6.07, 6.45) is 0.803. The number of hydrogen-bond acceptors (Lipinski definition) is 2. The maximum atomic E-state index is 11.9. The van der Waals surface area contributed by atoms with Gasteiger partial charge in [-0.05, 0) is 47.1 Å². The van der Waals surface area contributed by atoms with Crippen molar-refractivity contribution in [1.82, 2.24) is 4.90 Å². The summed E-state index contributed by atoms with van der Waals surface area (Å²) in [5, 5.41) is 0.598. The molecule has 0 heterocycles. The predicted octanol–water partition coefficient (Wildman–Crippen LogP) is 2.52. The second-order valence-corrected chi connectivity index (χ2v) is 4.76. The molecule has 3 nitrogen and oxygen atoms in total. The Labute approximate surface area is 109 Å². The number of hydrogen-bond donors (Lipinski definition) is 1. The highest BCUT2D eigenvalue weighted by atomic mass is 79.9. The Morgan fingerprint density at radius 1 is 1.56 bits per heavy atom. The zero-order valence-electron chi connectivity index (χ0n) is 9.04. The number of carbonyl (C=O) groups is 1. The van der Waals surface area contributed by atoms with E-state index < -0.39 is 0 Å². The lowest BCUT2D eigenvalue weighted by molar-refractivity contribution is 0.0794. The van der Waals surface area contributed by atoms with Crippen LogP contribution in [0.15, 0.2) is 22.7 Å². The molecule has 2 N–H and O–H groups in total. The quantitative estimate of drug-likeness (QED) is 0.929. The van der Waals surface area contributed by atoms with E-state index in [0.717, 1.165) is 10.9 Å². The van der Waals surface area contributed by atoms with Gasteiger partial charge in [-0.25, -0.2) is 0 Å². The first-order valence-corrected chi connectivity index (χ1v) is 6.14. The van der Waals surface area contributed by atoms with Crippen LogP contribution in [0.5, 0.6) is 0 Å². The number of benzene rings is 1. The molecule has 1 aromatic rings. The van der Waals surface area contributed by atoms with Crippen molar-refractivity contribution in [3.05, 3.63) is 33.3 Å². The average Bonchev–Trinajstić information content (AvgIpc) is 2.28. The van der Waals surface area contributed by atoms with Gasteiger partial charge in [0.1, 0.15) is 0 Å². The van der Waals surface area contributed by atoms with Crippen LogP contribution in [-0.4, -0.2) is 30.9 Å². The zero-order chi connectivity index (χ0) is 12.1. The summed E-state index contributed by atoms with van der Waals surface area (Å²) < 4.78 is 0.729. The van der Waals surface area contributed by atoms with Crippen molar-refractivity contribution in [1.29, 1.82) is 0 Å². The van der Waals surface area contributed by atoms with Crippen LogP contribution in [0, 0.1) is 0 Å². The Hall–Kier alpha value is -0.580. The largest absolute Gasteiger partial charge is 0.342 e. The molecule has 5 heteroatoms. The third kappa shape index (κ3) is 3.47. The lowest BCUT2D eigenvalue weighted by Crippen LogP contribution is -2.28. The molecule has 0 aromatic heterocycles. The van der Waals surface area contributed by atoms with Crippen LogP contribution < -0.4 is 5.73 Å². The monoisotopic (exact) mass is 304 g/mol. The van der Waals surface area contributed by atoms with Gasteiger partial charge >= 0.3 is 0 Å². The minimum absolute atomic E-state index is 0.0224. The van der Waals surface area contributed by atoms with E-state index in [2.05, 4.69) is 15.9 Å². The van der Waals surface area contributed by atoms with Gasteiger partial charge in [0.05, 0.1) is 5.02 Å².